The lowest BCUT2D eigenvalue weighted by Gasteiger charge is -2.08. The van der Waals surface area contributed by atoms with Gasteiger partial charge in [0.15, 0.2) is 0 Å². The number of aliphatic imine (C=N–C) groups is 1. The number of unbranched alkanes of at least 4 members (excludes halogenated alkanes) is 1. The number of rotatable bonds is 6. The largest absolute Gasteiger partial charge is 0.396 e. The first-order chi connectivity index (χ1) is 13.5. The van der Waals surface area contributed by atoms with Crippen molar-refractivity contribution >= 4 is 35.3 Å². The lowest BCUT2D eigenvalue weighted by molar-refractivity contribution is 0.0953. The fourth-order valence-corrected chi connectivity index (χ4v) is 3.59. The lowest BCUT2D eigenvalue weighted by Crippen LogP contribution is -2.24. The maximum absolute atomic E-state index is 13.7. The molecule has 0 bridgehead atoms. The average molecular weight is 396 g/mol. The highest BCUT2D eigenvalue weighted by Gasteiger charge is 2.20. The van der Waals surface area contributed by atoms with Crippen LogP contribution in [0.5, 0.6) is 0 Å². The molecule has 7 heteroatoms. The third-order valence-electron chi connectivity index (χ3n) is 4.24. The van der Waals surface area contributed by atoms with E-state index in [0.29, 0.717) is 39.7 Å². The van der Waals surface area contributed by atoms with E-state index in [9.17, 15) is 9.18 Å². The molecule has 0 radical (unpaired) electrons. The molecule has 1 aliphatic rings. The van der Waals surface area contributed by atoms with E-state index >= 15 is 0 Å². The molecule has 2 aromatic rings. The Morgan fingerprint density at radius 1 is 1.32 bits per heavy atom. The number of nitrogens with two attached hydrogens (primary N) is 1. The van der Waals surface area contributed by atoms with E-state index in [1.54, 1.807) is 30.3 Å². The van der Waals surface area contributed by atoms with Crippen LogP contribution in [-0.4, -0.2) is 24.4 Å². The van der Waals surface area contributed by atoms with Gasteiger partial charge >= 0.3 is 0 Å². The Morgan fingerprint density at radius 3 is 2.86 bits per heavy atom. The molecule has 3 rings (SSSR count). The van der Waals surface area contributed by atoms with E-state index in [-0.39, 0.29) is 5.91 Å². The summed E-state index contributed by atoms with van der Waals surface area (Å²) in [7, 11) is 0. The van der Waals surface area contributed by atoms with Crippen molar-refractivity contribution in [2.24, 2.45) is 10.7 Å². The molecule has 5 nitrogen and oxygen atoms in total. The molecule has 0 aliphatic carbocycles. The van der Waals surface area contributed by atoms with Crippen LogP contribution in [-0.2, 0) is 0 Å². The van der Waals surface area contributed by atoms with Crippen LogP contribution in [0.15, 0.2) is 63.0 Å². The third-order valence-corrected chi connectivity index (χ3v) is 5.36. The second kappa shape index (κ2) is 8.84. The molecule has 0 atom stereocenters. The maximum atomic E-state index is 13.7. The van der Waals surface area contributed by atoms with Gasteiger partial charge < -0.3 is 16.5 Å². The molecule has 1 heterocycles. The minimum Gasteiger partial charge on any atom is -0.396 e. The number of hydrogen-bond donors (Lipinski definition) is 3. The highest BCUT2D eigenvalue weighted by atomic mass is 32.2. The fourth-order valence-electron chi connectivity index (χ4n) is 2.75. The number of thioether (sulfide) groups is 1. The molecule has 0 fully saturated rings. The first-order valence-corrected chi connectivity index (χ1v) is 9.80. The van der Waals surface area contributed by atoms with Crippen molar-refractivity contribution in [2.45, 2.75) is 24.7 Å². The predicted octanol–water partition coefficient (Wildman–Crippen LogP) is 4.40. The van der Waals surface area contributed by atoms with Gasteiger partial charge in [0.2, 0.25) is 0 Å². The van der Waals surface area contributed by atoms with Crippen molar-refractivity contribution in [2.75, 3.05) is 6.54 Å². The highest BCUT2D eigenvalue weighted by Crippen LogP contribution is 2.39. The molecule has 144 valence electrons. The van der Waals surface area contributed by atoms with Crippen molar-refractivity contribution in [3.05, 3.63) is 70.0 Å². The molecule has 0 saturated heterocycles. The quantitative estimate of drug-likeness (QED) is 0.499. The third kappa shape index (κ3) is 4.31. The molecule has 2 aromatic carbocycles. The average Bonchev–Trinajstić information content (AvgIpc) is 2.84. The summed E-state index contributed by atoms with van der Waals surface area (Å²) in [5.41, 5.74) is 8.51. The molecular weight excluding hydrogens is 375 g/mol. The van der Waals surface area contributed by atoms with E-state index in [1.165, 1.54) is 23.9 Å². The number of amides is 1. The molecule has 1 aliphatic heterocycles. The Hall–Kier alpha value is -2.93. The Kier molecular flexibility index (Phi) is 6.26. The van der Waals surface area contributed by atoms with Crippen LogP contribution in [0.25, 0.3) is 0 Å². The Bertz CT molecular complexity index is 984. The second-order valence-corrected chi connectivity index (χ2v) is 7.37. The SMILES string of the molecule is CCCCNC(=O)c1ccc2c(c1)N=C(c1cccc(F)c1)C(N)=C(C=N)S2. The molecule has 0 aromatic heterocycles. The molecule has 0 unspecified atom stereocenters. The second-order valence-electron chi connectivity index (χ2n) is 6.29. The molecule has 28 heavy (non-hydrogen) atoms. The van der Waals surface area contributed by atoms with E-state index in [2.05, 4.69) is 17.2 Å². The number of fused-ring (bicyclic) bond motifs is 1. The van der Waals surface area contributed by atoms with E-state index < -0.39 is 5.82 Å². The van der Waals surface area contributed by atoms with Gasteiger partial charge in [-0.05, 0) is 36.8 Å². The smallest absolute Gasteiger partial charge is 0.251 e. The lowest BCUT2D eigenvalue weighted by atomic mass is 10.1. The topological polar surface area (TPSA) is 91.3 Å². The van der Waals surface area contributed by atoms with Gasteiger partial charge in [0.05, 0.1) is 22.0 Å². The number of carbonyl (C=O) groups excluding carboxylic acids is 1. The van der Waals surface area contributed by atoms with Crippen LogP contribution in [0.1, 0.15) is 35.7 Å². The van der Waals surface area contributed by atoms with Gasteiger partial charge in [-0.25, -0.2) is 9.38 Å². The molecular formula is C21H21FN4OS. The molecule has 0 saturated carbocycles. The normalized spacial score (nSPS) is 13.4. The van der Waals surface area contributed by atoms with Crippen molar-refractivity contribution in [1.29, 1.82) is 5.41 Å². The number of allylic oxidation sites excluding steroid dienone is 2. The summed E-state index contributed by atoms with van der Waals surface area (Å²) in [6.45, 7) is 2.68. The zero-order valence-corrected chi connectivity index (χ0v) is 16.3. The minimum atomic E-state index is -0.398. The van der Waals surface area contributed by atoms with Gasteiger partial charge in [-0.1, -0.05) is 37.2 Å². The van der Waals surface area contributed by atoms with Crippen molar-refractivity contribution in [3.8, 4) is 0 Å². The summed E-state index contributed by atoms with van der Waals surface area (Å²) in [5.74, 6) is -0.563. The Morgan fingerprint density at radius 2 is 2.14 bits per heavy atom. The summed E-state index contributed by atoms with van der Waals surface area (Å²) in [6, 6.07) is 11.2. The summed E-state index contributed by atoms with van der Waals surface area (Å²) >= 11 is 1.30. The van der Waals surface area contributed by atoms with Crippen molar-refractivity contribution in [1.82, 2.24) is 5.32 Å². The van der Waals surface area contributed by atoms with Crippen LogP contribution in [0.4, 0.5) is 10.1 Å². The summed E-state index contributed by atoms with van der Waals surface area (Å²) in [6.07, 6.45) is 3.08. The molecule has 0 spiro atoms. The number of carbonyl (C=O) groups is 1. The van der Waals surface area contributed by atoms with Gasteiger partial charge in [0.1, 0.15) is 5.82 Å². The zero-order valence-electron chi connectivity index (χ0n) is 15.5. The number of nitrogens with one attached hydrogen (secondary N) is 2. The minimum absolute atomic E-state index is 0.166. The van der Waals surface area contributed by atoms with E-state index in [1.807, 2.05) is 0 Å². The number of nitrogens with zero attached hydrogens (tertiary/aromatic N) is 1. The van der Waals surface area contributed by atoms with E-state index in [0.717, 1.165) is 24.0 Å². The monoisotopic (exact) mass is 396 g/mol. The van der Waals surface area contributed by atoms with Crippen molar-refractivity contribution < 1.29 is 9.18 Å². The van der Waals surface area contributed by atoms with Crippen LogP contribution < -0.4 is 11.1 Å². The van der Waals surface area contributed by atoms with E-state index in [4.69, 9.17) is 11.1 Å². The maximum Gasteiger partial charge on any atom is 0.251 e. The Balaban J connectivity index is 2.05. The standard InChI is InChI=1S/C21H21FN4OS/c1-2-3-9-25-21(27)14-7-8-17-16(11-14)26-20(19(24)18(12-23)28-17)13-5-4-6-15(22)10-13/h4-8,10-12,23H,2-3,9,24H2,1H3,(H,25,27). The molecule has 1 amide bonds. The number of halogens is 1. The van der Waals surface area contributed by atoms with Gasteiger partial charge in [0.25, 0.3) is 5.91 Å². The Labute approximate surface area is 167 Å². The summed E-state index contributed by atoms with van der Waals surface area (Å²) in [4.78, 5) is 18.3. The van der Waals surface area contributed by atoms with Gasteiger partial charge in [-0.2, -0.15) is 0 Å². The van der Waals surface area contributed by atoms with Gasteiger partial charge in [-0.15, -0.1) is 0 Å². The van der Waals surface area contributed by atoms with Gasteiger partial charge in [0, 0.05) is 28.8 Å². The predicted molar refractivity (Wildman–Crippen MR) is 112 cm³/mol. The van der Waals surface area contributed by atoms with Crippen molar-refractivity contribution in [3.63, 3.8) is 0 Å². The van der Waals surface area contributed by atoms with Crippen LogP contribution in [0, 0.1) is 11.2 Å². The number of hydrogen-bond acceptors (Lipinski definition) is 5. The zero-order chi connectivity index (χ0) is 20.1. The van der Waals surface area contributed by atoms with Crippen LogP contribution >= 0.6 is 11.8 Å². The van der Waals surface area contributed by atoms with Crippen LogP contribution in [0.3, 0.4) is 0 Å². The molecule has 4 N–H and O–H groups in total. The number of benzene rings is 2. The van der Waals surface area contributed by atoms with Gasteiger partial charge in [-0.3, -0.25) is 4.79 Å². The fraction of sp³-hybridized carbons (Fsp3) is 0.190. The summed E-state index contributed by atoms with van der Waals surface area (Å²) in [5, 5.41) is 10.6. The first-order valence-electron chi connectivity index (χ1n) is 8.98. The van der Waals surface area contributed by atoms with Crippen LogP contribution in [0.2, 0.25) is 0 Å². The highest BCUT2D eigenvalue weighted by molar-refractivity contribution is 8.04. The first kappa shape index (κ1) is 19.8. The summed E-state index contributed by atoms with van der Waals surface area (Å²) < 4.78 is 13.7.